The van der Waals surface area contributed by atoms with E-state index in [1.54, 1.807) is 6.26 Å². The van der Waals surface area contributed by atoms with Crippen LogP contribution in [0.15, 0.2) is 67.1 Å². The van der Waals surface area contributed by atoms with E-state index in [-0.39, 0.29) is 0 Å². The minimum absolute atomic E-state index is 0.602. The summed E-state index contributed by atoms with van der Waals surface area (Å²) in [7, 11) is 0. The van der Waals surface area contributed by atoms with Gasteiger partial charge in [-0.15, -0.1) is 0 Å². The maximum Gasteiger partial charge on any atom is 0.164 e. The van der Waals surface area contributed by atoms with E-state index in [0.29, 0.717) is 6.73 Å². The van der Waals surface area contributed by atoms with Gasteiger partial charge in [-0.25, -0.2) is 0 Å². The molecule has 0 saturated carbocycles. The quantitative estimate of drug-likeness (QED) is 0.771. The minimum atomic E-state index is 0.602. The molecule has 1 aliphatic heterocycles. The molecule has 2 nitrogen and oxygen atoms in total. The predicted molar refractivity (Wildman–Crippen MR) is 69.4 cm³/mol. The van der Waals surface area contributed by atoms with Crippen LogP contribution in [0.2, 0.25) is 0 Å². The van der Waals surface area contributed by atoms with Crippen molar-refractivity contribution in [1.29, 1.82) is 0 Å². The molecule has 1 aliphatic rings. The van der Waals surface area contributed by atoms with Gasteiger partial charge in [0, 0.05) is 11.9 Å². The van der Waals surface area contributed by atoms with Crippen LogP contribution in [-0.2, 0) is 4.74 Å². The Labute approximate surface area is 101 Å². The summed E-state index contributed by atoms with van der Waals surface area (Å²) in [6, 6.07) is 18.9. The lowest BCUT2D eigenvalue weighted by Gasteiger charge is -2.14. The third kappa shape index (κ3) is 2.02. The summed E-state index contributed by atoms with van der Waals surface area (Å²) in [6.45, 7) is 0.602. The smallest absolute Gasteiger partial charge is 0.164 e. The molecular formula is C15H13NO. The van der Waals surface area contributed by atoms with Crippen molar-refractivity contribution in [2.24, 2.45) is 0 Å². The van der Waals surface area contributed by atoms with Crippen molar-refractivity contribution in [3.05, 3.63) is 67.1 Å². The number of benzene rings is 2. The molecule has 0 amide bonds. The summed E-state index contributed by atoms with van der Waals surface area (Å²) in [5.41, 5.74) is 3.63. The largest absolute Gasteiger partial charge is 0.479 e. The van der Waals surface area contributed by atoms with Crippen LogP contribution >= 0.6 is 0 Å². The highest BCUT2D eigenvalue weighted by Gasteiger charge is 2.07. The molecule has 2 aromatic rings. The molecule has 1 heterocycles. The standard InChI is InChI=1S/C15H13NO/c1-2-4-13(5-3-1)14-6-8-15(9-7-14)16-10-11-17-12-16/h1-11H,12H2. The van der Waals surface area contributed by atoms with Crippen LogP contribution in [0, 0.1) is 0 Å². The maximum absolute atomic E-state index is 5.17. The molecule has 17 heavy (non-hydrogen) atoms. The van der Waals surface area contributed by atoms with Crippen molar-refractivity contribution in [1.82, 2.24) is 0 Å². The number of hydrogen-bond acceptors (Lipinski definition) is 2. The molecule has 84 valence electrons. The molecule has 0 N–H and O–H groups in total. The van der Waals surface area contributed by atoms with Crippen LogP contribution in [0.4, 0.5) is 5.69 Å². The summed E-state index contributed by atoms with van der Waals surface area (Å²) in [6.07, 6.45) is 3.66. The minimum Gasteiger partial charge on any atom is -0.479 e. The van der Waals surface area contributed by atoms with Crippen molar-refractivity contribution in [3.63, 3.8) is 0 Å². The molecule has 0 aromatic heterocycles. The van der Waals surface area contributed by atoms with E-state index in [0.717, 1.165) is 5.69 Å². The van der Waals surface area contributed by atoms with Crippen molar-refractivity contribution >= 4 is 5.69 Å². The first-order valence-corrected chi connectivity index (χ1v) is 5.64. The molecule has 2 heteroatoms. The van der Waals surface area contributed by atoms with E-state index < -0.39 is 0 Å². The summed E-state index contributed by atoms with van der Waals surface area (Å²) in [5, 5.41) is 0. The van der Waals surface area contributed by atoms with Crippen LogP contribution in [0.25, 0.3) is 11.1 Å². The molecule has 0 aliphatic carbocycles. The Morgan fingerprint density at radius 3 is 2.18 bits per heavy atom. The van der Waals surface area contributed by atoms with Crippen molar-refractivity contribution in [2.45, 2.75) is 0 Å². The number of hydrogen-bond donors (Lipinski definition) is 0. The highest BCUT2D eigenvalue weighted by molar-refractivity contribution is 5.66. The first-order valence-electron chi connectivity index (χ1n) is 5.64. The second-order valence-corrected chi connectivity index (χ2v) is 3.96. The lowest BCUT2D eigenvalue weighted by molar-refractivity contribution is 0.282. The van der Waals surface area contributed by atoms with Crippen LogP contribution in [-0.4, -0.2) is 6.73 Å². The molecule has 0 unspecified atom stereocenters. The molecule has 0 bridgehead atoms. The normalized spacial score (nSPS) is 13.8. The SMILES string of the molecule is C1=CN(c2ccc(-c3ccccc3)cc2)CO1. The molecular weight excluding hydrogens is 210 g/mol. The average Bonchev–Trinajstić information content (AvgIpc) is 2.94. The van der Waals surface area contributed by atoms with Crippen molar-refractivity contribution in [3.8, 4) is 11.1 Å². The molecule has 0 fully saturated rings. The van der Waals surface area contributed by atoms with Gasteiger partial charge in [-0.05, 0) is 23.3 Å². The Morgan fingerprint density at radius 1 is 0.824 bits per heavy atom. The summed E-state index contributed by atoms with van der Waals surface area (Å²) in [4.78, 5) is 2.06. The lowest BCUT2D eigenvalue weighted by atomic mass is 10.1. The Bertz CT molecular complexity index is 516. The van der Waals surface area contributed by atoms with Gasteiger partial charge < -0.3 is 9.64 Å². The van der Waals surface area contributed by atoms with Gasteiger partial charge in [0.25, 0.3) is 0 Å². The van der Waals surface area contributed by atoms with Crippen LogP contribution < -0.4 is 4.90 Å². The van der Waals surface area contributed by atoms with Gasteiger partial charge in [-0.3, -0.25) is 0 Å². The third-order valence-corrected chi connectivity index (χ3v) is 2.86. The fourth-order valence-corrected chi connectivity index (χ4v) is 1.92. The van der Waals surface area contributed by atoms with Crippen LogP contribution in [0.5, 0.6) is 0 Å². The van der Waals surface area contributed by atoms with Gasteiger partial charge in [0.2, 0.25) is 0 Å². The second-order valence-electron chi connectivity index (χ2n) is 3.96. The summed E-state index contributed by atoms with van der Waals surface area (Å²) in [5.74, 6) is 0. The van der Waals surface area contributed by atoms with Crippen LogP contribution in [0.3, 0.4) is 0 Å². The Hall–Kier alpha value is -2.22. The fraction of sp³-hybridized carbons (Fsp3) is 0.0667. The van der Waals surface area contributed by atoms with Gasteiger partial charge >= 0.3 is 0 Å². The van der Waals surface area contributed by atoms with E-state index in [2.05, 4.69) is 53.4 Å². The van der Waals surface area contributed by atoms with E-state index in [1.807, 2.05) is 12.3 Å². The van der Waals surface area contributed by atoms with Crippen LogP contribution in [0.1, 0.15) is 0 Å². The maximum atomic E-state index is 5.17. The van der Waals surface area contributed by atoms with Gasteiger partial charge in [0.15, 0.2) is 6.73 Å². The summed E-state index contributed by atoms with van der Waals surface area (Å²) >= 11 is 0. The number of nitrogens with zero attached hydrogens (tertiary/aromatic N) is 1. The lowest BCUT2D eigenvalue weighted by Crippen LogP contribution is -2.12. The monoisotopic (exact) mass is 223 g/mol. The van der Waals surface area contributed by atoms with Crippen molar-refractivity contribution in [2.75, 3.05) is 11.6 Å². The average molecular weight is 223 g/mol. The Kier molecular flexibility index (Phi) is 2.54. The van der Waals surface area contributed by atoms with Gasteiger partial charge in [0.1, 0.15) is 6.26 Å². The highest BCUT2D eigenvalue weighted by Crippen LogP contribution is 2.24. The topological polar surface area (TPSA) is 12.5 Å². The third-order valence-electron chi connectivity index (χ3n) is 2.86. The molecule has 3 rings (SSSR count). The van der Waals surface area contributed by atoms with E-state index >= 15 is 0 Å². The number of anilines is 1. The zero-order valence-corrected chi connectivity index (χ0v) is 9.41. The molecule has 0 spiro atoms. The van der Waals surface area contributed by atoms with Gasteiger partial charge in [-0.1, -0.05) is 42.5 Å². The Morgan fingerprint density at radius 2 is 1.53 bits per heavy atom. The van der Waals surface area contributed by atoms with E-state index in [9.17, 15) is 0 Å². The molecule has 0 atom stereocenters. The molecule has 2 aromatic carbocycles. The zero-order valence-electron chi connectivity index (χ0n) is 9.41. The fourth-order valence-electron chi connectivity index (χ4n) is 1.92. The molecule has 0 saturated heterocycles. The first-order chi connectivity index (χ1) is 8.43. The number of rotatable bonds is 2. The van der Waals surface area contributed by atoms with E-state index in [1.165, 1.54) is 11.1 Å². The highest BCUT2D eigenvalue weighted by atomic mass is 16.5. The van der Waals surface area contributed by atoms with Crippen molar-refractivity contribution < 1.29 is 4.74 Å². The van der Waals surface area contributed by atoms with Gasteiger partial charge in [-0.2, -0.15) is 0 Å². The first kappa shape index (κ1) is 9.97. The second kappa shape index (κ2) is 4.34. The zero-order chi connectivity index (χ0) is 11.5. The predicted octanol–water partition coefficient (Wildman–Crippen LogP) is 3.62. The summed E-state index contributed by atoms with van der Waals surface area (Å²) < 4.78 is 5.17. The molecule has 0 radical (unpaired) electrons. The Balaban J connectivity index is 1.87. The number of ether oxygens (including phenoxy) is 1. The van der Waals surface area contributed by atoms with E-state index in [4.69, 9.17) is 4.74 Å². The van der Waals surface area contributed by atoms with Gasteiger partial charge in [0.05, 0.1) is 0 Å².